The molecule has 0 spiro atoms. The van der Waals surface area contributed by atoms with Crippen molar-refractivity contribution in [1.29, 1.82) is 0 Å². The van der Waals surface area contributed by atoms with Crippen LogP contribution in [0.15, 0.2) is 170 Å². The smallest absolute Gasteiger partial charge is 0.417 e. The zero-order chi connectivity index (χ0) is 43.5. The van der Waals surface area contributed by atoms with Gasteiger partial charge in [-0.25, -0.2) is 14.4 Å². The maximum Gasteiger partial charge on any atom is 0.417 e. The average molecular weight is 845 g/mol. The first-order valence-electron chi connectivity index (χ1n) is 19.7. The maximum atomic E-state index is 12.8. The molecule has 316 valence electrons. The van der Waals surface area contributed by atoms with Crippen molar-refractivity contribution in [3.05, 3.63) is 192 Å². The monoisotopic (exact) mass is 844 g/mol. The SMILES string of the molecule is O=C(Nc1ccc(Cc2ccc(NC3OC3Oc3cccc(OC(=O)Nc4ccc(Cc5ccccc5NC(=O)Oc5cccc(O)c5)cc4)c3)cc2)cc1)Oc1cccc(O)c1. The van der Waals surface area contributed by atoms with E-state index in [9.17, 15) is 24.6 Å². The zero-order valence-electron chi connectivity index (χ0n) is 33.4. The topological polar surface area (TPSA) is 189 Å². The van der Waals surface area contributed by atoms with Crippen LogP contribution >= 0.6 is 0 Å². The van der Waals surface area contributed by atoms with Gasteiger partial charge >= 0.3 is 18.3 Å². The molecule has 2 unspecified atom stereocenters. The van der Waals surface area contributed by atoms with Crippen LogP contribution < -0.4 is 40.2 Å². The number of phenolic OH excluding ortho intramolecular Hbond substituents is 2. The first-order valence-corrected chi connectivity index (χ1v) is 19.7. The van der Waals surface area contributed by atoms with Crippen LogP contribution in [0.2, 0.25) is 0 Å². The van der Waals surface area contributed by atoms with E-state index in [4.69, 9.17) is 23.7 Å². The molecule has 63 heavy (non-hydrogen) atoms. The predicted octanol–water partition coefficient (Wildman–Crippen LogP) is 10.3. The Morgan fingerprint density at radius 2 is 0.937 bits per heavy atom. The van der Waals surface area contributed by atoms with Gasteiger partial charge in [0.2, 0.25) is 6.29 Å². The van der Waals surface area contributed by atoms with Gasteiger partial charge in [-0.3, -0.25) is 16.0 Å². The van der Waals surface area contributed by atoms with Crippen LogP contribution in [0.4, 0.5) is 37.1 Å². The van der Waals surface area contributed by atoms with Gasteiger partial charge < -0.3 is 39.2 Å². The summed E-state index contributed by atoms with van der Waals surface area (Å²) in [5.74, 6) is 1.20. The molecule has 1 saturated heterocycles. The Hall–Kier alpha value is -8.49. The number of rotatable bonds is 14. The number of para-hydroxylation sites is 1. The highest BCUT2D eigenvalue weighted by molar-refractivity contribution is 5.88. The Balaban J connectivity index is 0.756. The lowest BCUT2D eigenvalue weighted by Crippen LogP contribution is -2.17. The standard InChI is InChI=1S/C49H40N4O10/c54-38-7-3-9-40(28-38)60-47(56)51-36-22-16-32(17-23-36)26-31-14-20-35(21-15-31)50-45-46(63-45)59-42-11-5-12-43(30-42)62-48(57)52-37-24-18-33(19-25-37)27-34-6-1-2-13-44(34)53-49(58)61-41-10-4-8-39(55)29-41/h1-25,28-30,45-46,50,54-55H,26-27H2,(H,51,56)(H,52,57)(H,53,58). The van der Waals surface area contributed by atoms with E-state index in [0.29, 0.717) is 35.7 Å². The summed E-state index contributed by atoms with van der Waals surface area (Å²) in [6.07, 6.45) is -1.76. The van der Waals surface area contributed by atoms with Crippen molar-refractivity contribution in [3.63, 3.8) is 0 Å². The molecule has 14 heteroatoms. The van der Waals surface area contributed by atoms with Crippen molar-refractivity contribution in [1.82, 2.24) is 0 Å². The summed E-state index contributed by atoms with van der Waals surface area (Å²) in [5, 5.41) is 30.7. The Morgan fingerprint density at radius 1 is 0.476 bits per heavy atom. The minimum absolute atomic E-state index is 0.00712. The number of phenols is 2. The maximum absolute atomic E-state index is 12.8. The van der Waals surface area contributed by atoms with Gasteiger partial charge in [-0.1, -0.05) is 72.8 Å². The Bertz CT molecular complexity index is 2710. The third-order valence-electron chi connectivity index (χ3n) is 9.50. The number of benzene rings is 7. The van der Waals surface area contributed by atoms with Gasteiger partial charge in [0.25, 0.3) is 0 Å². The Labute approximate surface area is 361 Å². The molecular weight excluding hydrogens is 805 g/mol. The molecule has 7 aromatic carbocycles. The van der Waals surface area contributed by atoms with E-state index < -0.39 is 24.6 Å². The number of anilines is 4. The van der Waals surface area contributed by atoms with Gasteiger partial charge in [-0.2, -0.15) is 0 Å². The first-order chi connectivity index (χ1) is 30.6. The van der Waals surface area contributed by atoms with Crippen LogP contribution in [0.25, 0.3) is 0 Å². The predicted molar refractivity (Wildman–Crippen MR) is 236 cm³/mol. The minimum Gasteiger partial charge on any atom is -0.508 e. The summed E-state index contributed by atoms with van der Waals surface area (Å²) in [5.41, 5.74) is 6.47. The van der Waals surface area contributed by atoms with Crippen LogP contribution in [-0.4, -0.2) is 41.0 Å². The molecule has 3 amide bonds. The fourth-order valence-corrected chi connectivity index (χ4v) is 6.42. The number of carbonyl (C=O) groups is 3. The Morgan fingerprint density at radius 3 is 1.49 bits per heavy atom. The van der Waals surface area contributed by atoms with Crippen molar-refractivity contribution >= 4 is 41.0 Å². The fourth-order valence-electron chi connectivity index (χ4n) is 6.42. The van der Waals surface area contributed by atoms with E-state index in [1.54, 1.807) is 84.9 Å². The highest BCUT2D eigenvalue weighted by atomic mass is 16.8. The van der Waals surface area contributed by atoms with E-state index in [1.165, 1.54) is 24.3 Å². The second-order valence-electron chi connectivity index (χ2n) is 14.3. The quantitative estimate of drug-likeness (QED) is 0.0572. The van der Waals surface area contributed by atoms with Gasteiger partial charge in [0, 0.05) is 40.9 Å². The number of hydrogen-bond donors (Lipinski definition) is 6. The van der Waals surface area contributed by atoms with Crippen LogP contribution in [0.5, 0.6) is 34.5 Å². The lowest BCUT2D eigenvalue weighted by Gasteiger charge is -2.12. The fraction of sp³-hybridized carbons (Fsp3) is 0.0816. The van der Waals surface area contributed by atoms with E-state index in [1.807, 2.05) is 60.7 Å². The van der Waals surface area contributed by atoms with Gasteiger partial charge in [-0.05, 0) is 114 Å². The lowest BCUT2D eigenvalue weighted by molar-refractivity contribution is 0.178. The zero-order valence-corrected chi connectivity index (χ0v) is 33.4. The summed E-state index contributed by atoms with van der Waals surface area (Å²) < 4.78 is 27.7. The van der Waals surface area contributed by atoms with Gasteiger partial charge in [-0.15, -0.1) is 0 Å². The summed E-state index contributed by atoms with van der Waals surface area (Å²) in [7, 11) is 0. The highest BCUT2D eigenvalue weighted by Gasteiger charge is 2.41. The van der Waals surface area contributed by atoms with E-state index in [0.717, 1.165) is 27.9 Å². The first kappa shape index (κ1) is 41.3. The number of aromatic hydroxyl groups is 2. The van der Waals surface area contributed by atoms with Crippen molar-refractivity contribution in [2.75, 3.05) is 21.3 Å². The summed E-state index contributed by atoms with van der Waals surface area (Å²) >= 11 is 0. The van der Waals surface area contributed by atoms with E-state index in [2.05, 4.69) is 21.3 Å². The molecule has 1 heterocycles. The molecule has 0 radical (unpaired) electrons. The number of carbonyl (C=O) groups excluding carboxylic acids is 3. The molecule has 8 rings (SSSR count). The lowest BCUT2D eigenvalue weighted by atomic mass is 10.0. The summed E-state index contributed by atoms with van der Waals surface area (Å²) in [6, 6.07) is 48.7. The number of epoxide rings is 1. The summed E-state index contributed by atoms with van der Waals surface area (Å²) in [6.45, 7) is 0. The molecule has 14 nitrogen and oxygen atoms in total. The van der Waals surface area contributed by atoms with Gasteiger partial charge in [0.1, 0.15) is 34.5 Å². The minimum atomic E-state index is -0.687. The van der Waals surface area contributed by atoms with Crippen molar-refractivity contribution < 1.29 is 48.3 Å². The van der Waals surface area contributed by atoms with Crippen LogP contribution in [-0.2, 0) is 17.6 Å². The third-order valence-corrected chi connectivity index (χ3v) is 9.50. The number of ether oxygens (including phenoxy) is 5. The number of amides is 3. The molecule has 6 N–H and O–H groups in total. The third kappa shape index (κ3) is 12.1. The second kappa shape index (κ2) is 19.3. The molecule has 7 aromatic rings. The van der Waals surface area contributed by atoms with Crippen molar-refractivity contribution in [2.45, 2.75) is 25.4 Å². The summed E-state index contributed by atoms with van der Waals surface area (Å²) in [4.78, 5) is 37.5. The molecule has 1 aliphatic heterocycles. The van der Waals surface area contributed by atoms with E-state index >= 15 is 0 Å². The Kier molecular flexibility index (Phi) is 12.6. The van der Waals surface area contributed by atoms with Gasteiger partial charge in [0.15, 0.2) is 6.23 Å². The number of hydrogen-bond acceptors (Lipinski definition) is 11. The molecule has 0 saturated carbocycles. The molecule has 0 bridgehead atoms. The van der Waals surface area contributed by atoms with Crippen LogP contribution in [0, 0.1) is 0 Å². The molecular formula is C49H40N4O10. The molecule has 1 aliphatic rings. The van der Waals surface area contributed by atoms with Crippen molar-refractivity contribution in [2.24, 2.45) is 0 Å². The number of nitrogens with one attached hydrogen (secondary N) is 4. The largest absolute Gasteiger partial charge is 0.508 e. The second-order valence-corrected chi connectivity index (χ2v) is 14.3. The molecule has 2 atom stereocenters. The van der Waals surface area contributed by atoms with Gasteiger partial charge in [0.05, 0.1) is 0 Å². The van der Waals surface area contributed by atoms with E-state index in [-0.39, 0.29) is 35.0 Å². The molecule has 1 fully saturated rings. The highest BCUT2D eigenvalue weighted by Crippen LogP contribution is 2.30. The van der Waals surface area contributed by atoms with Crippen LogP contribution in [0.3, 0.4) is 0 Å². The van der Waals surface area contributed by atoms with Crippen molar-refractivity contribution in [3.8, 4) is 34.5 Å². The molecule has 0 aromatic heterocycles. The molecule has 0 aliphatic carbocycles. The van der Waals surface area contributed by atoms with Crippen LogP contribution in [0.1, 0.15) is 22.3 Å². The average Bonchev–Trinajstić information content (AvgIpc) is 3.99. The normalized spacial score (nSPS) is 13.8.